The number of furan rings is 1. The maximum absolute atomic E-state index is 5.36. The molecular weight excluding hydrogens is 222 g/mol. The lowest BCUT2D eigenvalue weighted by atomic mass is 9.82. The van der Waals surface area contributed by atoms with Gasteiger partial charge in [-0.3, -0.25) is 0 Å². The molecule has 1 N–H and O–H groups in total. The van der Waals surface area contributed by atoms with Crippen LogP contribution in [0.2, 0.25) is 0 Å². The van der Waals surface area contributed by atoms with Crippen LogP contribution in [0.3, 0.4) is 0 Å². The first-order valence-corrected chi connectivity index (χ1v) is 7.50. The molecule has 18 heavy (non-hydrogen) atoms. The van der Waals surface area contributed by atoms with Crippen molar-refractivity contribution in [1.29, 1.82) is 0 Å². The molecule has 2 nitrogen and oxygen atoms in total. The largest absolute Gasteiger partial charge is 0.469 e. The van der Waals surface area contributed by atoms with E-state index in [1.165, 1.54) is 32.2 Å². The molecule has 0 aliphatic heterocycles. The van der Waals surface area contributed by atoms with E-state index in [9.17, 15) is 0 Å². The maximum Gasteiger partial charge on any atom is 0.103 e. The van der Waals surface area contributed by atoms with Crippen LogP contribution in [0.5, 0.6) is 0 Å². The summed E-state index contributed by atoms with van der Waals surface area (Å²) in [6.07, 6.45) is 9.66. The van der Waals surface area contributed by atoms with Gasteiger partial charge in [-0.2, -0.15) is 0 Å². The van der Waals surface area contributed by atoms with Gasteiger partial charge in [0.05, 0.1) is 6.26 Å². The Balaban J connectivity index is 1.60. The van der Waals surface area contributed by atoms with Gasteiger partial charge in [-0.1, -0.05) is 19.8 Å². The Morgan fingerprint density at radius 1 is 1.44 bits per heavy atom. The van der Waals surface area contributed by atoms with Crippen molar-refractivity contribution in [2.75, 3.05) is 6.54 Å². The third-order valence-electron chi connectivity index (χ3n) is 4.20. The van der Waals surface area contributed by atoms with Gasteiger partial charge in [0.1, 0.15) is 5.76 Å². The Morgan fingerprint density at radius 2 is 2.33 bits per heavy atom. The second-order valence-corrected chi connectivity index (χ2v) is 6.07. The second-order valence-electron chi connectivity index (χ2n) is 6.07. The van der Waals surface area contributed by atoms with Crippen molar-refractivity contribution in [1.82, 2.24) is 5.32 Å². The monoisotopic (exact) mass is 249 g/mol. The van der Waals surface area contributed by atoms with Gasteiger partial charge >= 0.3 is 0 Å². The van der Waals surface area contributed by atoms with Gasteiger partial charge in [0.25, 0.3) is 0 Å². The van der Waals surface area contributed by atoms with Gasteiger partial charge < -0.3 is 9.73 Å². The molecule has 1 saturated carbocycles. The average molecular weight is 249 g/mol. The van der Waals surface area contributed by atoms with Crippen LogP contribution < -0.4 is 5.32 Å². The number of hydrogen-bond donors (Lipinski definition) is 1. The van der Waals surface area contributed by atoms with E-state index < -0.39 is 0 Å². The summed E-state index contributed by atoms with van der Waals surface area (Å²) in [4.78, 5) is 0. The molecule has 1 heterocycles. The lowest BCUT2D eigenvalue weighted by Gasteiger charge is -2.28. The standard InChI is InChI=1S/C16H27NO/c1-13-5-3-6-15(11-13)12-17-14(2)8-9-16-7-4-10-18-16/h4,7,10,13-15,17H,3,5-6,8-9,11-12H2,1-2H3. The van der Waals surface area contributed by atoms with Crippen LogP contribution >= 0.6 is 0 Å². The zero-order chi connectivity index (χ0) is 12.8. The molecule has 0 radical (unpaired) electrons. The SMILES string of the molecule is CC1CCCC(CNC(C)CCc2ccco2)C1. The van der Waals surface area contributed by atoms with Crippen LogP contribution in [0, 0.1) is 11.8 Å². The highest BCUT2D eigenvalue weighted by atomic mass is 16.3. The number of nitrogens with one attached hydrogen (secondary N) is 1. The van der Waals surface area contributed by atoms with Crippen LogP contribution in [-0.4, -0.2) is 12.6 Å². The topological polar surface area (TPSA) is 25.2 Å². The minimum absolute atomic E-state index is 0.590. The smallest absolute Gasteiger partial charge is 0.103 e. The Morgan fingerprint density at radius 3 is 3.06 bits per heavy atom. The first-order chi connectivity index (χ1) is 8.74. The van der Waals surface area contributed by atoms with Crippen LogP contribution in [0.4, 0.5) is 0 Å². The first-order valence-electron chi connectivity index (χ1n) is 7.50. The van der Waals surface area contributed by atoms with Crippen molar-refractivity contribution in [3.05, 3.63) is 24.2 Å². The summed E-state index contributed by atoms with van der Waals surface area (Å²) < 4.78 is 5.36. The van der Waals surface area contributed by atoms with E-state index in [1.807, 2.05) is 6.07 Å². The minimum Gasteiger partial charge on any atom is -0.469 e. The lowest BCUT2D eigenvalue weighted by Crippen LogP contribution is -2.33. The normalized spacial score (nSPS) is 26.1. The summed E-state index contributed by atoms with van der Waals surface area (Å²) in [7, 11) is 0. The fraction of sp³-hybridized carbons (Fsp3) is 0.750. The molecule has 0 saturated heterocycles. The highest BCUT2D eigenvalue weighted by molar-refractivity contribution is 4.98. The molecule has 0 aromatic carbocycles. The highest BCUT2D eigenvalue weighted by Crippen LogP contribution is 2.28. The van der Waals surface area contributed by atoms with Crippen molar-refractivity contribution in [3.63, 3.8) is 0 Å². The molecule has 0 spiro atoms. The average Bonchev–Trinajstić information content (AvgIpc) is 2.87. The van der Waals surface area contributed by atoms with E-state index in [4.69, 9.17) is 4.42 Å². The Labute approximate surface area is 111 Å². The Hall–Kier alpha value is -0.760. The van der Waals surface area contributed by atoms with Crippen molar-refractivity contribution in [3.8, 4) is 0 Å². The van der Waals surface area contributed by atoms with E-state index in [0.717, 1.165) is 30.4 Å². The quantitative estimate of drug-likeness (QED) is 0.824. The molecule has 1 aliphatic rings. The summed E-state index contributed by atoms with van der Waals surface area (Å²) in [5.74, 6) is 2.94. The Bertz CT molecular complexity index is 320. The van der Waals surface area contributed by atoms with Crippen molar-refractivity contribution < 1.29 is 4.42 Å². The predicted molar refractivity (Wildman–Crippen MR) is 75.6 cm³/mol. The summed E-state index contributed by atoms with van der Waals surface area (Å²) in [6.45, 7) is 5.88. The fourth-order valence-corrected chi connectivity index (χ4v) is 3.03. The summed E-state index contributed by atoms with van der Waals surface area (Å²) in [6, 6.07) is 4.62. The molecule has 1 aliphatic carbocycles. The molecule has 102 valence electrons. The third kappa shape index (κ3) is 4.49. The van der Waals surface area contributed by atoms with E-state index in [0.29, 0.717) is 6.04 Å². The highest BCUT2D eigenvalue weighted by Gasteiger charge is 2.18. The Kier molecular flexibility index (Phi) is 5.30. The van der Waals surface area contributed by atoms with Crippen LogP contribution in [0.1, 0.15) is 51.7 Å². The zero-order valence-corrected chi connectivity index (χ0v) is 11.8. The molecule has 1 fully saturated rings. The lowest BCUT2D eigenvalue weighted by molar-refractivity contribution is 0.266. The van der Waals surface area contributed by atoms with Gasteiger partial charge in [-0.05, 0) is 56.7 Å². The van der Waals surface area contributed by atoms with Crippen molar-refractivity contribution in [2.24, 2.45) is 11.8 Å². The molecule has 3 unspecified atom stereocenters. The zero-order valence-electron chi connectivity index (χ0n) is 11.8. The van der Waals surface area contributed by atoms with Crippen LogP contribution in [-0.2, 0) is 6.42 Å². The summed E-state index contributed by atoms with van der Waals surface area (Å²) in [5, 5.41) is 3.69. The second kappa shape index (κ2) is 6.98. The van der Waals surface area contributed by atoms with E-state index in [2.05, 4.69) is 25.2 Å². The van der Waals surface area contributed by atoms with Crippen molar-refractivity contribution >= 4 is 0 Å². The van der Waals surface area contributed by atoms with Gasteiger partial charge in [0, 0.05) is 12.5 Å². The summed E-state index contributed by atoms with van der Waals surface area (Å²) in [5.41, 5.74) is 0. The number of rotatable bonds is 6. The molecule has 3 atom stereocenters. The fourth-order valence-electron chi connectivity index (χ4n) is 3.03. The van der Waals surface area contributed by atoms with Gasteiger partial charge in [-0.15, -0.1) is 0 Å². The molecule has 0 bridgehead atoms. The molecule has 2 heteroatoms. The molecule has 2 rings (SSSR count). The minimum atomic E-state index is 0.590. The predicted octanol–water partition coefficient (Wildman–Crippen LogP) is 4.02. The van der Waals surface area contributed by atoms with E-state index >= 15 is 0 Å². The van der Waals surface area contributed by atoms with Gasteiger partial charge in [0.15, 0.2) is 0 Å². The molecule has 0 amide bonds. The van der Waals surface area contributed by atoms with Crippen LogP contribution in [0.15, 0.2) is 22.8 Å². The third-order valence-corrected chi connectivity index (χ3v) is 4.20. The summed E-state index contributed by atoms with van der Waals surface area (Å²) >= 11 is 0. The van der Waals surface area contributed by atoms with E-state index in [-0.39, 0.29) is 0 Å². The first kappa shape index (κ1) is 13.7. The number of hydrogen-bond acceptors (Lipinski definition) is 2. The van der Waals surface area contributed by atoms with Crippen LogP contribution in [0.25, 0.3) is 0 Å². The van der Waals surface area contributed by atoms with Gasteiger partial charge in [0.2, 0.25) is 0 Å². The maximum atomic E-state index is 5.36. The molecular formula is C16H27NO. The molecule has 1 aromatic rings. The molecule has 1 aromatic heterocycles. The number of aryl methyl sites for hydroxylation is 1. The van der Waals surface area contributed by atoms with Gasteiger partial charge in [-0.25, -0.2) is 0 Å². The van der Waals surface area contributed by atoms with E-state index in [1.54, 1.807) is 6.26 Å². The van der Waals surface area contributed by atoms with Crippen molar-refractivity contribution in [2.45, 2.75) is 58.4 Å².